The Bertz CT molecular complexity index is 268. The van der Waals surface area contributed by atoms with E-state index in [0.717, 1.165) is 19.4 Å². The molecule has 0 aromatic rings. The van der Waals surface area contributed by atoms with E-state index in [0.29, 0.717) is 6.61 Å². The first-order chi connectivity index (χ1) is 7.09. The van der Waals surface area contributed by atoms with Crippen molar-refractivity contribution >= 4 is 5.97 Å². The number of epoxide rings is 1. The molecule has 2 heterocycles. The lowest BCUT2D eigenvalue weighted by molar-refractivity contribution is -0.149. The predicted octanol–water partition coefficient (Wildman–Crippen LogP) is 1.13. The zero-order chi connectivity index (χ0) is 11.1. The van der Waals surface area contributed by atoms with E-state index in [1.165, 1.54) is 7.11 Å². The molecule has 2 unspecified atom stereocenters. The van der Waals surface area contributed by atoms with Crippen molar-refractivity contribution in [1.82, 2.24) is 0 Å². The normalized spacial score (nSPS) is 39.5. The Morgan fingerprint density at radius 1 is 1.47 bits per heavy atom. The van der Waals surface area contributed by atoms with Crippen molar-refractivity contribution in [2.75, 3.05) is 20.3 Å². The van der Waals surface area contributed by atoms with Gasteiger partial charge in [0, 0.05) is 6.61 Å². The van der Waals surface area contributed by atoms with Crippen molar-refractivity contribution in [3.05, 3.63) is 0 Å². The number of ether oxygens (including phenoxy) is 3. The molecule has 0 amide bonds. The SMILES string of the molecule is COC(=O)C1(C(C)C)OC12CCCOC2. The number of rotatable bonds is 2. The standard InChI is InChI=1S/C11H18O4/c1-8(2)11(9(12)13-3)10(15-11)5-4-6-14-7-10/h8H,4-7H2,1-3H3. The van der Waals surface area contributed by atoms with E-state index in [9.17, 15) is 4.79 Å². The summed E-state index contributed by atoms with van der Waals surface area (Å²) in [5.41, 5.74) is -1.17. The number of hydrogen-bond donors (Lipinski definition) is 0. The Kier molecular flexibility index (Phi) is 2.51. The summed E-state index contributed by atoms with van der Waals surface area (Å²) in [6.07, 6.45) is 1.84. The summed E-state index contributed by atoms with van der Waals surface area (Å²) in [5, 5.41) is 0. The van der Waals surface area contributed by atoms with Crippen LogP contribution >= 0.6 is 0 Å². The third-order valence-corrected chi connectivity index (χ3v) is 3.50. The van der Waals surface area contributed by atoms with Crippen molar-refractivity contribution in [1.29, 1.82) is 0 Å². The van der Waals surface area contributed by atoms with Crippen LogP contribution < -0.4 is 0 Å². The molecule has 2 aliphatic heterocycles. The molecule has 2 fully saturated rings. The van der Waals surface area contributed by atoms with Gasteiger partial charge in [0.25, 0.3) is 0 Å². The van der Waals surface area contributed by atoms with Crippen molar-refractivity contribution in [2.24, 2.45) is 5.92 Å². The number of carbonyl (C=O) groups excluding carboxylic acids is 1. The van der Waals surface area contributed by atoms with E-state index >= 15 is 0 Å². The van der Waals surface area contributed by atoms with Gasteiger partial charge in [0.2, 0.25) is 0 Å². The molecule has 2 rings (SSSR count). The zero-order valence-electron chi connectivity index (χ0n) is 9.54. The third-order valence-electron chi connectivity index (χ3n) is 3.50. The Morgan fingerprint density at radius 2 is 2.20 bits per heavy atom. The number of methoxy groups -OCH3 is 1. The van der Waals surface area contributed by atoms with Crippen LogP contribution in [0.1, 0.15) is 26.7 Å². The maximum atomic E-state index is 11.8. The fourth-order valence-corrected chi connectivity index (χ4v) is 2.68. The van der Waals surface area contributed by atoms with Crippen molar-refractivity contribution < 1.29 is 19.0 Å². The summed E-state index contributed by atoms with van der Waals surface area (Å²) in [5.74, 6) is -0.144. The first-order valence-electron chi connectivity index (χ1n) is 5.45. The molecule has 4 nitrogen and oxygen atoms in total. The minimum Gasteiger partial charge on any atom is -0.467 e. The summed E-state index contributed by atoms with van der Waals surface area (Å²) in [4.78, 5) is 11.8. The van der Waals surface area contributed by atoms with E-state index in [1.807, 2.05) is 13.8 Å². The second-order valence-electron chi connectivity index (χ2n) is 4.63. The highest BCUT2D eigenvalue weighted by Gasteiger charge is 2.77. The maximum absolute atomic E-state index is 11.8. The van der Waals surface area contributed by atoms with Crippen LogP contribution in [0.25, 0.3) is 0 Å². The van der Waals surface area contributed by atoms with E-state index < -0.39 is 11.2 Å². The third kappa shape index (κ3) is 1.31. The lowest BCUT2D eigenvalue weighted by Crippen LogP contribution is -2.43. The molecule has 0 aromatic carbocycles. The van der Waals surface area contributed by atoms with Gasteiger partial charge in [0.05, 0.1) is 13.7 Å². The van der Waals surface area contributed by atoms with Crippen LogP contribution in [0.4, 0.5) is 0 Å². The molecule has 0 aromatic heterocycles. The molecular weight excluding hydrogens is 196 g/mol. The summed E-state index contributed by atoms with van der Waals surface area (Å²) in [6, 6.07) is 0. The van der Waals surface area contributed by atoms with Gasteiger partial charge in [-0.25, -0.2) is 4.79 Å². The molecule has 0 aliphatic carbocycles. The van der Waals surface area contributed by atoms with E-state index in [4.69, 9.17) is 14.2 Å². The highest BCUT2D eigenvalue weighted by Crippen LogP contribution is 2.57. The molecular formula is C11H18O4. The first kappa shape index (κ1) is 10.9. The Hall–Kier alpha value is -0.610. The fraction of sp³-hybridized carbons (Fsp3) is 0.909. The highest BCUT2D eigenvalue weighted by atomic mass is 16.7. The average molecular weight is 214 g/mol. The molecule has 2 saturated heterocycles. The zero-order valence-corrected chi connectivity index (χ0v) is 9.54. The minimum absolute atomic E-state index is 0.117. The molecule has 0 N–H and O–H groups in total. The van der Waals surface area contributed by atoms with Gasteiger partial charge in [-0.1, -0.05) is 13.8 Å². The minimum atomic E-state index is -0.762. The molecule has 0 radical (unpaired) electrons. The van der Waals surface area contributed by atoms with E-state index in [-0.39, 0.29) is 11.9 Å². The lowest BCUT2D eigenvalue weighted by atomic mass is 9.80. The molecule has 2 atom stereocenters. The highest BCUT2D eigenvalue weighted by molar-refractivity contribution is 5.85. The molecule has 0 bridgehead atoms. The largest absolute Gasteiger partial charge is 0.467 e. The van der Waals surface area contributed by atoms with Crippen LogP contribution in [0.5, 0.6) is 0 Å². The van der Waals surface area contributed by atoms with Crippen molar-refractivity contribution in [2.45, 2.75) is 37.9 Å². The predicted molar refractivity (Wildman–Crippen MR) is 53.5 cm³/mol. The summed E-state index contributed by atoms with van der Waals surface area (Å²) >= 11 is 0. The van der Waals surface area contributed by atoms with Crippen LogP contribution in [0, 0.1) is 5.92 Å². The Morgan fingerprint density at radius 3 is 2.67 bits per heavy atom. The van der Waals surface area contributed by atoms with Gasteiger partial charge in [0.1, 0.15) is 5.60 Å². The molecule has 0 saturated carbocycles. The van der Waals surface area contributed by atoms with Crippen molar-refractivity contribution in [3.63, 3.8) is 0 Å². The molecule has 1 spiro atoms. The van der Waals surface area contributed by atoms with Crippen LogP contribution in [-0.2, 0) is 19.0 Å². The average Bonchev–Trinajstić information content (AvgIpc) is 2.88. The Labute approximate surface area is 89.9 Å². The van der Waals surface area contributed by atoms with Crippen LogP contribution in [0.2, 0.25) is 0 Å². The van der Waals surface area contributed by atoms with Gasteiger partial charge in [-0.3, -0.25) is 0 Å². The van der Waals surface area contributed by atoms with Crippen LogP contribution in [0.3, 0.4) is 0 Å². The van der Waals surface area contributed by atoms with E-state index in [2.05, 4.69) is 0 Å². The fourth-order valence-electron chi connectivity index (χ4n) is 2.68. The summed E-state index contributed by atoms with van der Waals surface area (Å²) in [7, 11) is 1.41. The smallest absolute Gasteiger partial charge is 0.341 e. The van der Waals surface area contributed by atoms with Crippen LogP contribution in [0.15, 0.2) is 0 Å². The number of carbonyl (C=O) groups is 1. The summed E-state index contributed by atoms with van der Waals surface area (Å²) in [6.45, 7) is 5.25. The van der Waals surface area contributed by atoms with Gasteiger partial charge in [-0.2, -0.15) is 0 Å². The topological polar surface area (TPSA) is 48.1 Å². The van der Waals surface area contributed by atoms with Crippen LogP contribution in [-0.4, -0.2) is 37.5 Å². The molecule has 4 heteroatoms. The second kappa shape index (κ2) is 3.46. The van der Waals surface area contributed by atoms with Gasteiger partial charge >= 0.3 is 5.97 Å². The summed E-state index contributed by atoms with van der Waals surface area (Å²) < 4.78 is 16.0. The molecule has 86 valence electrons. The lowest BCUT2D eigenvalue weighted by Gasteiger charge is -2.24. The number of hydrogen-bond acceptors (Lipinski definition) is 4. The van der Waals surface area contributed by atoms with E-state index in [1.54, 1.807) is 0 Å². The maximum Gasteiger partial charge on any atom is 0.341 e. The van der Waals surface area contributed by atoms with Gasteiger partial charge in [0.15, 0.2) is 5.60 Å². The molecule has 15 heavy (non-hydrogen) atoms. The van der Waals surface area contributed by atoms with Gasteiger partial charge < -0.3 is 14.2 Å². The number of esters is 1. The first-order valence-corrected chi connectivity index (χ1v) is 5.45. The quantitative estimate of drug-likeness (QED) is 0.511. The second-order valence-corrected chi connectivity index (χ2v) is 4.63. The van der Waals surface area contributed by atoms with Gasteiger partial charge in [-0.05, 0) is 18.8 Å². The monoisotopic (exact) mass is 214 g/mol. The van der Waals surface area contributed by atoms with Crippen molar-refractivity contribution in [3.8, 4) is 0 Å². The Balaban J connectivity index is 2.21. The van der Waals surface area contributed by atoms with Gasteiger partial charge in [-0.15, -0.1) is 0 Å². The molecule has 2 aliphatic rings.